The van der Waals surface area contributed by atoms with Crippen molar-refractivity contribution in [2.24, 2.45) is 0 Å². The minimum absolute atomic E-state index is 1.10. The molecule has 0 radical (unpaired) electrons. The number of rotatable bonds is 0. The Morgan fingerprint density at radius 1 is 0.778 bits per heavy atom. The van der Waals surface area contributed by atoms with E-state index in [-0.39, 0.29) is 0 Å². The molecule has 0 saturated carbocycles. The van der Waals surface area contributed by atoms with E-state index in [1.807, 2.05) is 23.5 Å². The summed E-state index contributed by atoms with van der Waals surface area (Å²) >= 11 is 3.96. The van der Waals surface area contributed by atoms with Crippen LogP contribution in [-0.4, -0.2) is 11.5 Å². The molecule has 4 heterocycles. The highest BCUT2D eigenvalue weighted by Gasteiger charge is 2.34. The summed E-state index contributed by atoms with van der Waals surface area (Å²) in [6.07, 6.45) is 4.44. The number of aryl methyl sites for hydroxylation is 2. The summed E-state index contributed by atoms with van der Waals surface area (Å²) in [5, 5.41) is 0. The maximum atomic E-state index is 2.42. The Labute approximate surface area is 115 Å². The molecular weight excluding hydrogens is 260 g/mol. The zero-order valence-corrected chi connectivity index (χ0v) is 11.6. The first-order valence-corrected chi connectivity index (χ1v) is 8.21. The van der Waals surface area contributed by atoms with Crippen LogP contribution >= 0.6 is 23.5 Å². The molecule has 0 amide bonds. The third-order valence-corrected chi connectivity index (χ3v) is 5.53. The predicted octanol–water partition coefficient (Wildman–Crippen LogP) is 2.14. The van der Waals surface area contributed by atoms with E-state index >= 15 is 0 Å². The zero-order chi connectivity index (χ0) is 11.9. The predicted molar refractivity (Wildman–Crippen MR) is 73.7 cm³/mol. The molecule has 0 atom stereocenters. The topological polar surface area (TPSA) is 7.76 Å². The number of nitrogens with zero attached hydrogens (tertiary/aromatic N) is 2. The Kier molecular flexibility index (Phi) is 2.59. The smallest absolute Gasteiger partial charge is 0.191 e. The monoisotopic (exact) mass is 274 g/mol. The molecule has 4 rings (SSSR count). The highest BCUT2D eigenvalue weighted by atomic mass is 32.2. The van der Waals surface area contributed by atoms with E-state index in [9.17, 15) is 0 Å². The van der Waals surface area contributed by atoms with Crippen LogP contribution in [0, 0.1) is 0 Å². The molecule has 2 aromatic heterocycles. The Morgan fingerprint density at radius 2 is 1.28 bits per heavy atom. The quantitative estimate of drug-likeness (QED) is 0.680. The van der Waals surface area contributed by atoms with Crippen LogP contribution in [0.15, 0.2) is 46.5 Å². The van der Waals surface area contributed by atoms with Gasteiger partial charge in [-0.1, -0.05) is 0 Å². The van der Waals surface area contributed by atoms with Gasteiger partial charge in [-0.3, -0.25) is 0 Å². The lowest BCUT2D eigenvalue weighted by molar-refractivity contribution is -0.711. The first-order chi connectivity index (χ1) is 8.93. The van der Waals surface area contributed by atoms with E-state index < -0.39 is 0 Å². The van der Waals surface area contributed by atoms with E-state index in [4.69, 9.17) is 0 Å². The molecule has 0 unspecified atom stereocenters. The average molecular weight is 274 g/mol. The van der Waals surface area contributed by atoms with Crippen LogP contribution in [0.4, 0.5) is 0 Å². The van der Waals surface area contributed by atoms with E-state index in [1.165, 1.54) is 21.2 Å². The summed E-state index contributed by atoms with van der Waals surface area (Å²) in [4.78, 5) is 2.86. The molecule has 0 N–H and O–H groups in total. The Bertz CT molecular complexity index is 525. The number of thioether (sulfide) groups is 2. The van der Waals surface area contributed by atoms with Crippen LogP contribution in [0.5, 0.6) is 0 Å². The van der Waals surface area contributed by atoms with Crippen molar-refractivity contribution in [3.63, 3.8) is 0 Å². The molecule has 0 spiro atoms. The first kappa shape index (κ1) is 10.9. The number of aromatic nitrogens is 2. The van der Waals surface area contributed by atoms with Gasteiger partial charge in [0.1, 0.15) is 0 Å². The minimum atomic E-state index is 1.10. The van der Waals surface area contributed by atoms with Gasteiger partial charge in [0.25, 0.3) is 11.4 Å². The van der Waals surface area contributed by atoms with Crippen molar-refractivity contribution in [2.45, 2.75) is 22.9 Å². The molecule has 0 aliphatic carbocycles. The second-order valence-electron chi connectivity index (χ2n) is 4.53. The van der Waals surface area contributed by atoms with Gasteiger partial charge in [0.2, 0.25) is 0 Å². The molecule has 0 bridgehead atoms. The van der Waals surface area contributed by atoms with Crippen molar-refractivity contribution in [2.75, 3.05) is 11.5 Å². The summed E-state index contributed by atoms with van der Waals surface area (Å²) in [7, 11) is 0. The average Bonchev–Trinajstić information content (AvgIpc) is 2.70. The molecule has 0 aromatic carbocycles. The Balaban J connectivity index is 2.12. The van der Waals surface area contributed by atoms with Gasteiger partial charge in [-0.15, -0.1) is 23.5 Å². The second kappa shape index (κ2) is 4.28. The fourth-order valence-corrected chi connectivity index (χ4v) is 4.74. The summed E-state index contributed by atoms with van der Waals surface area (Å²) in [6, 6.07) is 8.89. The standard InChI is InChI=1S/C14H14N2S2/c1-3-11-13-14-12(18-9-7-15(13)5-1)4-2-6-16(14)8-10-17-11/h1-6H,7-10H2/q+2. The lowest BCUT2D eigenvalue weighted by Crippen LogP contribution is -2.42. The first-order valence-electron chi connectivity index (χ1n) is 6.24. The van der Waals surface area contributed by atoms with Gasteiger partial charge < -0.3 is 0 Å². The van der Waals surface area contributed by atoms with Gasteiger partial charge in [-0.25, -0.2) is 0 Å². The molecule has 18 heavy (non-hydrogen) atoms. The third kappa shape index (κ3) is 1.59. The highest BCUT2D eigenvalue weighted by molar-refractivity contribution is 7.99. The maximum absolute atomic E-state index is 2.42. The molecule has 0 saturated heterocycles. The van der Waals surface area contributed by atoms with Crippen molar-refractivity contribution in [3.8, 4) is 11.4 Å². The van der Waals surface area contributed by atoms with Crippen LogP contribution in [0.25, 0.3) is 11.4 Å². The van der Waals surface area contributed by atoms with Crippen LogP contribution < -0.4 is 9.13 Å². The molecular formula is C14H14N2S2+2. The van der Waals surface area contributed by atoms with E-state index in [0.29, 0.717) is 0 Å². The molecule has 90 valence electrons. The largest absolute Gasteiger partial charge is 0.292 e. The SMILES string of the molecule is c1cc2c3[n+](c1)CCSc1ccc[n+](c1-3)CCS2. The van der Waals surface area contributed by atoms with E-state index in [2.05, 4.69) is 45.8 Å². The van der Waals surface area contributed by atoms with E-state index in [1.54, 1.807) is 0 Å². The van der Waals surface area contributed by atoms with Gasteiger partial charge in [0, 0.05) is 12.1 Å². The summed E-state index contributed by atoms with van der Waals surface area (Å²) in [5.74, 6) is 2.31. The van der Waals surface area contributed by atoms with Crippen molar-refractivity contribution >= 4 is 23.5 Å². The maximum Gasteiger partial charge on any atom is 0.292 e. The fraction of sp³-hybridized carbons (Fsp3) is 0.286. The van der Waals surface area contributed by atoms with Crippen LogP contribution in [0.2, 0.25) is 0 Å². The molecule has 2 aliphatic heterocycles. The van der Waals surface area contributed by atoms with Crippen molar-refractivity contribution in [3.05, 3.63) is 36.7 Å². The number of hydrogen-bond donors (Lipinski definition) is 0. The molecule has 2 aliphatic rings. The van der Waals surface area contributed by atoms with E-state index in [0.717, 1.165) is 24.6 Å². The zero-order valence-electron chi connectivity index (χ0n) is 10.0. The molecule has 2 aromatic rings. The van der Waals surface area contributed by atoms with Gasteiger partial charge in [0.05, 0.1) is 21.3 Å². The molecule has 0 fully saturated rings. The summed E-state index contributed by atoms with van der Waals surface area (Å²) in [5.41, 5.74) is 2.83. The van der Waals surface area contributed by atoms with Gasteiger partial charge >= 0.3 is 0 Å². The molecule has 4 heteroatoms. The number of pyridine rings is 2. The lowest BCUT2D eigenvalue weighted by Gasteiger charge is -2.02. The Hall–Kier alpha value is -1.00. The van der Waals surface area contributed by atoms with Gasteiger partial charge in [-0.05, 0) is 12.1 Å². The van der Waals surface area contributed by atoms with Gasteiger partial charge in [-0.2, -0.15) is 9.13 Å². The number of hydrogen-bond acceptors (Lipinski definition) is 2. The second-order valence-corrected chi connectivity index (χ2v) is 6.80. The summed E-state index contributed by atoms with van der Waals surface area (Å²) < 4.78 is 4.84. The fourth-order valence-electron chi connectivity index (χ4n) is 2.68. The molecule has 2 nitrogen and oxygen atoms in total. The van der Waals surface area contributed by atoms with Crippen molar-refractivity contribution in [1.82, 2.24) is 0 Å². The van der Waals surface area contributed by atoms with Crippen LogP contribution in [-0.2, 0) is 13.1 Å². The normalized spacial score (nSPS) is 16.7. The van der Waals surface area contributed by atoms with Crippen molar-refractivity contribution < 1.29 is 9.13 Å². The Morgan fingerprint density at radius 3 is 1.78 bits per heavy atom. The summed E-state index contributed by atoms with van der Waals surface area (Å²) in [6.45, 7) is 2.20. The minimum Gasteiger partial charge on any atom is -0.191 e. The van der Waals surface area contributed by atoms with Gasteiger partial charge in [0.15, 0.2) is 25.5 Å². The van der Waals surface area contributed by atoms with Crippen molar-refractivity contribution in [1.29, 1.82) is 0 Å². The highest BCUT2D eigenvalue weighted by Crippen LogP contribution is 2.36. The third-order valence-electron chi connectivity index (χ3n) is 3.47. The van der Waals surface area contributed by atoms with Crippen LogP contribution in [0.3, 0.4) is 0 Å². The lowest BCUT2D eigenvalue weighted by atomic mass is 10.2. The van der Waals surface area contributed by atoms with Crippen LogP contribution in [0.1, 0.15) is 0 Å².